The standard InChI is InChI=1S/5C20H14.C13H10.CH4/c1-3-7-16-14(6-1)12-19-18(16)10-9-15-11-13-5-2-4-8-17(13)20(15)19;1-3-7-17-13(5-1)9-15-11-20-16(12-19(15)17)10-14-6-2-4-8-18(14)20;1-3-7-17-13(5-1)9-15-11-16-10-14-6-2-4-8-18(14)20(16)12-19(15)17;1-3-7-17-13(5-1)11-15-9-10-16-12-14-6-2-4-8-18(14)20(16)19(15)17;1-3-7-15-13(5-1)11-19-17(15)9-10-18-16-8-4-2-6-14(16)12-20(18)19;1-3-7-12-10(5-1)9-11-6-2-4-8-13(11)12;/h1-10H,11-12H2;1,3-7,11-12H,8-10H2;1-8,11-12H,9-10H2;2*1-10H,11-12H2;1-8H,9H2;1H4. The van der Waals surface area contributed by atoms with Crippen LogP contribution in [0.2, 0.25) is 0 Å². The van der Waals surface area contributed by atoms with Crippen LogP contribution >= 0.6 is 0 Å². The number of allylic oxidation sites excluding steroid dienone is 3. The van der Waals surface area contributed by atoms with Gasteiger partial charge in [0.1, 0.15) is 0 Å². The molecular weight excluding hydrogens is 1370 g/mol. The van der Waals surface area contributed by atoms with E-state index in [-0.39, 0.29) is 7.43 Å². The summed E-state index contributed by atoms with van der Waals surface area (Å²) < 4.78 is 0. The fraction of sp³-hybridized carbons (Fsp3) is 0.114. The monoisotopic (exact) mass is 1450 g/mol. The largest absolute Gasteiger partial charge is 0.125 e. The van der Waals surface area contributed by atoms with Crippen LogP contribution in [-0.2, 0) is 70.6 Å². The van der Waals surface area contributed by atoms with Crippen molar-refractivity contribution in [2.75, 3.05) is 0 Å². The van der Waals surface area contributed by atoms with Gasteiger partial charge in [-0.15, -0.1) is 5.73 Å². The van der Waals surface area contributed by atoms with Crippen LogP contribution < -0.4 is 0 Å². The molecule has 0 aromatic heterocycles. The Kier molecular flexibility index (Phi) is 16.4. The molecule has 16 aromatic rings. The molecule has 0 nitrogen and oxygen atoms in total. The predicted octanol–water partition coefficient (Wildman–Crippen LogP) is 27.9. The molecule has 0 unspecified atom stereocenters. The average molecular weight is 1450 g/mol. The van der Waals surface area contributed by atoms with E-state index in [0.29, 0.717) is 0 Å². The third-order valence-electron chi connectivity index (χ3n) is 26.4. The van der Waals surface area contributed by atoms with Crippen LogP contribution in [0.15, 0.2) is 351 Å². The van der Waals surface area contributed by atoms with Crippen LogP contribution in [-0.4, -0.2) is 0 Å². The maximum absolute atomic E-state index is 3.26. The van der Waals surface area contributed by atoms with Crippen molar-refractivity contribution in [3.63, 3.8) is 0 Å². The van der Waals surface area contributed by atoms with Gasteiger partial charge in [0.25, 0.3) is 0 Å². The van der Waals surface area contributed by atoms with E-state index in [2.05, 4.69) is 345 Å². The predicted molar refractivity (Wildman–Crippen MR) is 476 cm³/mol. The second-order valence-electron chi connectivity index (χ2n) is 32.6. The second kappa shape index (κ2) is 27.6. The molecule has 12 aliphatic carbocycles. The maximum Gasteiger partial charge on any atom is -0.000718 e. The lowest BCUT2D eigenvalue weighted by Gasteiger charge is -2.10. The molecule has 28 rings (SSSR count). The summed E-state index contributed by atoms with van der Waals surface area (Å²) in [6.45, 7) is 0. The van der Waals surface area contributed by atoms with E-state index in [0.717, 1.165) is 77.0 Å². The summed E-state index contributed by atoms with van der Waals surface area (Å²) >= 11 is 0. The van der Waals surface area contributed by atoms with Gasteiger partial charge in [-0.1, -0.05) is 323 Å². The SMILES string of the molecule is C.C1=CCC2=C(C=1)Cc1cc3c(cc12)Cc1ccccc1-3.c1ccc2c(c1)Cc1c-2ccc2c1-c1ccccc1C2.c1ccc2c(c1)Cc1c-2ccc2c1Cc1ccccc1-2.c1ccc2c(c1)Cc1cc3c(cc1-2)-c1ccccc1C3.c1ccc2c(c1)Cc1ccc3c(c1-2)-c1ccccc1C3.c1ccc2c(c1)Cc1ccccc1-2. The van der Waals surface area contributed by atoms with E-state index in [1.165, 1.54) is 234 Å². The summed E-state index contributed by atoms with van der Waals surface area (Å²) in [6, 6.07) is 121. The number of hydrogen-bond donors (Lipinski definition) is 0. The van der Waals surface area contributed by atoms with Gasteiger partial charge in [-0.25, -0.2) is 0 Å². The molecular formula is C114H84. The molecule has 0 spiro atoms. The molecule has 0 N–H and O–H groups in total. The Morgan fingerprint density at radius 3 is 0.833 bits per heavy atom. The second-order valence-corrected chi connectivity index (χ2v) is 32.6. The molecule has 16 aromatic carbocycles. The van der Waals surface area contributed by atoms with Gasteiger partial charge < -0.3 is 0 Å². The Bertz CT molecular complexity index is 6570. The van der Waals surface area contributed by atoms with Crippen molar-refractivity contribution in [1.82, 2.24) is 0 Å². The van der Waals surface area contributed by atoms with Crippen LogP contribution in [0.25, 0.3) is 117 Å². The minimum absolute atomic E-state index is 0. The van der Waals surface area contributed by atoms with Gasteiger partial charge in [0.05, 0.1) is 0 Å². The zero-order chi connectivity index (χ0) is 74.2. The van der Waals surface area contributed by atoms with Gasteiger partial charge in [0, 0.05) is 0 Å². The highest BCUT2D eigenvalue weighted by Crippen LogP contribution is 2.53. The van der Waals surface area contributed by atoms with Gasteiger partial charge in [0.15, 0.2) is 0 Å². The molecule has 0 bridgehead atoms. The van der Waals surface area contributed by atoms with Crippen molar-refractivity contribution >= 4 is 5.57 Å². The Labute approximate surface area is 670 Å². The Balaban J connectivity index is 0.0000000836. The van der Waals surface area contributed by atoms with Crippen molar-refractivity contribution in [2.24, 2.45) is 0 Å². The fourth-order valence-corrected chi connectivity index (χ4v) is 21.3. The van der Waals surface area contributed by atoms with E-state index in [9.17, 15) is 0 Å². The number of benzene rings is 16. The molecule has 0 heteroatoms. The molecule has 0 saturated heterocycles. The molecule has 0 amide bonds. The minimum Gasteiger partial charge on any atom is -0.125 e. The van der Waals surface area contributed by atoms with Gasteiger partial charge in [-0.3, -0.25) is 0 Å². The molecule has 0 atom stereocenters. The third-order valence-corrected chi connectivity index (χ3v) is 26.4. The summed E-state index contributed by atoms with van der Waals surface area (Å²) in [5.74, 6) is 0. The van der Waals surface area contributed by atoms with Crippen LogP contribution in [0.4, 0.5) is 0 Å². The molecule has 0 aliphatic heterocycles. The summed E-state index contributed by atoms with van der Waals surface area (Å²) in [6.07, 6.45) is 17.4. The molecule has 0 heterocycles. The number of fused-ring (bicyclic) bond motifs is 35. The zero-order valence-corrected chi connectivity index (χ0v) is 63.3. The van der Waals surface area contributed by atoms with Crippen LogP contribution in [0.3, 0.4) is 0 Å². The first-order chi connectivity index (χ1) is 56.0. The van der Waals surface area contributed by atoms with Gasteiger partial charge in [-0.05, 0) is 346 Å². The highest BCUT2D eigenvalue weighted by atomic mass is 14.4. The summed E-state index contributed by atoms with van der Waals surface area (Å²) in [5.41, 5.74) is 68.0. The van der Waals surface area contributed by atoms with Gasteiger partial charge in [-0.2, -0.15) is 0 Å². The van der Waals surface area contributed by atoms with Crippen LogP contribution in [0.1, 0.15) is 136 Å². The number of hydrogen-bond acceptors (Lipinski definition) is 0. The highest BCUT2D eigenvalue weighted by Gasteiger charge is 2.33. The van der Waals surface area contributed by atoms with E-state index in [1.807, 2.05) is 0 Å². The first kappa shape index (κ1) is 67.7. The maximum atomic E-state index is 3.26. The summed E-state index contributed by atoms with van der Waals surface area (Å²) in [5, 5.41) is 0. The van der Waals surface area contributed by atoms with E-state index < -0.39 is 0 Å². The lowest BCUT2D eigenvalue weighted by molar-refractivity contribution is 1.16. The van der Waals surface area contributed by atoms with Crippen molar-refractivity contribution in [1.29, 1.82) is 0 Å². The van der Waals surface area contributed by atoms with E-state index in [1.54, 1.807) is 11.1 Å². The Morgan fingerprint density at radius 1 is 0.167 bits per heavy atom. The lowest BCUT2D eigenvalue weighted by atomic mass is 9.94. The molecule has 0 radical (unpaired) electrons. The quantitative estimate of drug-likeness (QED) is 0.133. The fourth-order valence-electron chi connectivity index (χ4n) is 21.3. The third kappa shape index (κ3) is 11.2. The molecule has 114 heavy (non-hydrogen) atoms. The van der Waals surface area contributed by atoms with Crippen LogP contribution in [0.5, 0.6) is 0 Å². The van der Waals surface area contributed by atoms with Crippen molar-refractivity contribution in [2.45, 2.75) is 84.5 Å². The first-order valence-electron chi connectivity index (χ1n) is 40.8. The van der Waals surface area contributed by atoms with Crippen LogP contribution in [0, 0.1) is 0 Å². The molecule has 0 saturated carbocycles. The molecule has 540 valence electrons. The van der Waals surface area contributed by atoms with E-state index in [4.69, 9.17) is 0 Å². The van der Waals surface area contributed by atoms with E-state index >= 15 is 0 Å². The molecule has 0 fully saturated rings. The topological polar surface area (TPSA) is 0 Å². The summed E-state index contributed by atoms with van der Waals surface area (Å²) in [7, 11) is 0. The van der Waals surface area contributed by atoms with Crippen molar-refractivity contribution in [3.05, 3.63) is 473 Å². The number of rotatable bonds is 0. The average Bonchev–Trinajstić information content (AvgIpc) is 1.62. The molecule has 12 aliphatic rings. The summed E-state index contributed by atoms with van der Waals surface area (Å²) in [4.78, 5) is 0. The first-order valence-corrected chi connectivity index (χ1v) is 40.8. The Hall–Kier alpha value is -13.2. The Morgan fingerprint density at radius 2 is 0.421 bits per heavy atom. The van der Waals surface area contributed by atoms with Gasteiger partial charge >= 0.3 is 0 Å². The van der Waals surface area contributed by atoms with Crippen molar-refractivity contribution < 1.29 is 0 Å². The normalized spacial score (nSPS) is 13.9. The lowest BCUT2D eigenvalue weighted by Crippen LogP contribution is -1.90. The smallest absolute Gasteiger partial charge is 0.000718 e. The van der Waals surface area contributed by atoms with Crippen molar-refractivity contribution in [3.8, 4) is 111 Å². The zero-order valence-electron chi connectivity index (χ0n) is 63.3. The van der Waals surface area contributed by atoms with Gasteiger partial charge in [0.2, 0.25) is 0 Å². The minimum atomic E-state index is 0. The highest BCUT2D eigenvalue weighted by molar-refractivity contribution is 5.97.